The van der Waals surface area contributed by atoms with Crippen molar-refractivity contribution < 1.29 is 13.6 Å². The van der Waals surface area contributed by atoms with E-state index in [9.17, 15) is 13.6 Å². The quantitative estimate of drug-likeness (QED) is 0.844. The van der Waals surface area contributed by atoms with Gasteiger partial charge in [0.05, 0.1) is 0 Å². The Morgan fingerprint density at radius 3 is 2.58 bits per heavy atom. The highest BCUT2D eigenvalue weighted by molar-refractivity contribution is 6.03. The molecule has 0 unspecified atom stereocenters. The van der Waals surface area contributed by atoms with Crippen LogP contribution in [0.25, 0.3) is 0 Å². The Balaban J connectivity index is 2.10. The smallest absolute Gasteiger partial charge is 0.274 e. The van der Waals surface area contributed by atoms with E-state index < -0.39 is 17.5 Å². The predicted molar refractivity (Wildman–Crippen MR) is 89.0 cm³/mol. The van der Waals surface area contributed by atoms with Gasteiger partial charge in [-0.2, -0.15) is 0 Å². The van der Waals surface area contributed by atoms with E-state index in [0.717, 1.165) is 25.1 Å². The molecule has 24 heavy (non-hydrogen) atoms. The van der Waals surface area contributed by atoms with Gasteiger partial charge in [0.2, 0.25) is 0 Å². The number of halogens is 2. The van der Waals surface area contributed by atoms with Crippen molar-refractivity contribution in [3.8, 4) is 0 Å². The molecule has 2 aromatic rings. The lowest BCUT2D eigenvalue weighted by molar-refractivity contribution is 0.102. The molecule has 0 radical (unpaired) electrons. The summed E-state index contributed by atoms with van der Waals surface area (Å²) < 4.78 is 26.1. The maximum atomic E-state index is 13.2. The number of aryl methyl sites for hydroxylation is 1. The Kier molecular flexibility index (Phi) is 5.78. The number of anilines is 2. The Morgan fingerprint density at radius 2 is 1.92 bits per heavy atom. The topological polar surface area (TPSA) is 66.9 Å². The average molecular weight is 334 g/mol. The molecule has 1 heterocycles. The summed E-state index contributed by atoms with van der Waals surface area (Å²) in [5.74, 6) is -0.959. The second kappa shape index (κ2) is 7.81. The molecule has 0 saturated heterocycles. The van der Waals surface area contributed by atoms with Crippen LogP contribution in [-0.4, -0.2) is 22.4 Å². The maximum absolute atomic E-state index is 13.2. The number of carbonyl (C=O) groups is 1. The fraction of sp³-hybridized carbons (Fsp3) is 0.353. The molecule has 0 aliphatic heterocycles. The van der Waals surface area contributed by atoms with Gasteiger partial charge < -0.3 is 10.6 Å². The third-order valence-corrected chi connectivity index (χ3v) is 3.28. The molecule has 1 amide bonds. The molecule has 2 rings (SSSR count). The van der Waals surface area contributed by atoms with Crippen LogP contribution in [0.3, 0.4) is 0 Å². The fourth-order valence-corrected chi connectivity index (χ4v) is 2.03. The molecule has 0 spiro atoms. The summed E-state index contributed by atoms with van der Waals surface area (Å²) in [6.07, 6.45) is 0.972. The van der Waals surface area contributed by atoms with E-state index in [-0.39, 0.29) is 11.4 Å². The van der Waals surface area contributed by atoms with E-state index in [1.807, 2.05) is 0 Å². The van der Waals surface area contributed by atoms with Crippen molar-refractivity contribution in [2.75, 3.05) is 17.2 Å². The van der Waals surface area contributed by atoms with Crippen molar-refractivity contribution in [1.82, 2.24) is 9.97 Å². The van der Waals surface area contributed by atoms with Gasteiger partial charge in [-0.25, -0.2) is 18.7 Å². The lowest BCUT2D eigenvalue weighted by Gasteiger charge is -2.10. The second-order valence-corrected chi connectivity index (χ2v) is 5.88. The Bertz CT molecular complexity index is 735. The van der Waals surface area contributed by atoms with Crippen LogP contribution in [0.1, 0.15) is 36.6 Å². The molecule has 0 bridgehead atoms. The maximum Gasteiger partial charge on any atom is 0.274 e. The molecule has 1 aromatic heterocycles. The summed E-state index contributed by atoms with van der Waals surface area (Å²) in [7, 11) is 0. The number of amides is 1. The van der Waals surface area contributed by atoms with Gasteiger partial charge >= 0.3 is 0 Å². The molecule has 1 aromatic carbocycles. The zero-order valence-corrected chi connectivity index (χ0v) is 13.9. The zero-order chi connectivity index (χ0) is 17.7. The first-order valence-corrected chi connectivity index (χ1v) is 7.71. The molecular formula is C17H20F2N4O. The van der Waals surface area contributed by atoms with Crippen molar-refractivity contribution in [1.29, 1.82) is 0 Å². The van der Waals surface area contributed by atoms with Gasteiger partial charge in [0.15, 0.2) is 11.6 Å². The van der Waals surface area contributed by atoms with E-state index >= 15 is 0 Å². The van der Waals surface area contributed by atoms with E-state index in [1.54, 1.807) is 6.92 Å². The molecule has 5 nitrogen and oxygen atoms in total. The van der Waals surface area contributed by atoms with Gasteiger partial charge in [-0.15, -0.1) is 0 Å². The first-order valence-electron chi connectivity index (χ1n) is 7.71. The van der Waals surface area contributed by atoms with Gasteiger partial charge in [-0.05, 0) is 31.4 Å². The van der Waals surface area contributed by atoms with Crippen molar-refractivity contribution >= 4 is 17.4 Å². The van der Waals surface area contributed by atoms with Crippen LogP contribution in [0, 0.1) is 24.5 Å². The summed E-state index contributed by atoms with van der Waals surface area (Å²) in [5, 5.41) is 5.64. The highest BCUT2D eigenvalue weighted by Gasteiger charge is 2.12. The molecule has 0 fully saturated rings. The van der Waals surface area contributed by atoms with Crippen LogP contribution in [-0.2, 0) is 0 Å². The Labute approximate surface area is 139 Å². The molecule has 0 aliphatic rings. The lowest BCUT2D eigenvalue weighted by atomic mass is 10.1. The molecule has 7 heteroatoms. The minimum Gasteiger partial charge on any atom is -0.370 e. The van der Waals surface area contributed by atoms with Crippen molar-refractivity contribution in [2.24, 2.45) is 5.92 Å². The van der Waals surface area contributed by atoms with Gasteiger partial charge in [-0.3, -0.25) is 4.79 Å². The van der Waals surface area contributed by atoms with Crippen LogP contribution >= 0.6 is 0 Å². The molecule has 2 N–H and O–H groups in total. The van der Waals surface area contributed by atoms with E-state index in [2.05, 4.69) is 34.4 Å². The lowest BCUT2D eigenvalue weighted by Crippen LogP contribution is -2.16. The summed E-state index contributed by atoms with van der Waals surface area (Å²) in [6, 6.07) is 4.69. The number of nitrogens with zero attached hydrogens (tertiary/aromatic N) is 2. The molecule has 0 atom stereocenters. The first-order chi connectivity index (χ1) is 11.3. The number of carbonyl (C=O) groups excluding carboxylic acids is 1. The summed E-state index contributed by atoms with van der Waals surface area (Å²) in [4.78, 5) is 20.6. The van der Waals surface area contributed by atoms with Gasteiger partial charge in [0.1, 0.15) is 17.3 Å². The van der Waals surface area contributed by atoms with Crippen LogP contribution in [0.2, 0.25) is 0 Å². The van der Waals surface area contributed by atoms with Gasteiger partial charge in [0.25, 0.3) is 5.91 Å². The predicted octanol–water partition coefficient (Wildman–Crippen LogP) is 3.77. The number of hydrogen-bond donors (Lipinski definition) is 2. The number of aromatic nitrogens is 2. The van der Waals surface area contributed by atoms with Crippen LogP contribution in [0.4, 0.5) is 20.3 Å². The van der Waals surface area contributed by atoms with Crippen LogP contribution < -0.4 is 10.6 Å². The fourth-order valence-electron chi connectivity index (χ4n) is 2.03. The molecule has 0 saturated carbocycles. The van der Waals surface area contributed by atoms with E-state index in [4.69, 9.17) is 0 Å². The van der Waals surface area contributed by atoms with Crippen LogP contribution in [0.5, 0.6) is 0 Å². The Morgan fingerprint density at radius 1 is 1.17 bits per heavy atom. The third-order valence-electron chi connectivity index (χ3n) is 3.28. The SMILES string of the molecule is Cc1nc(NCCC(C)C)cc(C(=O)Nc2ccc(F)c(F)c2)n1. The Hall–Kier alpha value is -2.57. The summed E-state index contributed by atoms with van der Waals surface area (Å²) in [5.41, 5.74) is 0.309. The standard InChI is InChI=1S/C17H20F2N4O/c1-10(2)6-7-20-16-9-15(21-11(3)22-16)17(24)23-12-4-5-13(18)14(19)8-12/h4-5,8-10H,6-7H2,1-3H3,(H,23,24)(H,20,21,22). The summed E-state index contributed by atoms with van der Waals surface area (Å²) in [6.45, 7) is 6.65. The molecular weight excluding hydrogens is 314 g/mol. The normalized spacial score (nSPS) is 10.8. The molecule has 128 valence electrons. The number of nitrogens with one attached hydrogen (secondary N) is 2. The monoisotopic (exact) mass is 334 g/mol. The number of hydrogen-bond acceptors (Lipinski definition) is 4. The highest BCUT2D eigenvalue weighted by Crippen LogP contribution is 2.15. The van der Waals surface area contributed by atoms with E-state index in [0.29, 0.717) is 17.6 Å². The van der Waals surface area contributed by atoms with Crippen molar-refractivity contribution in [3.05, 3.63) is 47.4 Å². The van der Waals surface area contributed by atoms with Crippen molar-refractivity contribution in [3.63, 3.8) is 0 Å². The summed E-state index contributed by atoms with van der Waals surface area (Å²) >= 11 is 0. The third kappa shape index (κ3) is 4.97. The average Bonchev–Trinajstić information content (AvgIpc) is 2.50. The number of rotatable bonds is 6. The van der Waals surface area contributed by atoms with E-state index in [1.165, 1.54) is 12.1 Å². The van der Waals surface area contributed by atoms with Crippen LogP contribution in [0.15, 0.2) is 24.3 Å². The number of benzene rings is 1. The van der Waals surface area contributed by atoms with Gasteiger partial charge in [-0.1, -0.05) is 13.8 Å². The largest absolute Gasteiger partial charge is 0.370 e. The second-order valence-electron chi connectivity index (χ2n) is 5.88. The van der Waals surface area contributed by atoms with Gasteiger partial charge in [0, 0.05) is 24.4 Å². The molecule has 0 aliphatic carbocycles. The zero-order valence-electron chi connectivity index (χ0n) is 13.9. The first kappa shape index (κ1) is 17.8. The van der Waals surface area contributed by atoms with Crippen molar-refractivity contribution in [2.45, 2.75) is 27.2 Å². The minimum atomic E-state index is -1.03. The minimum absolute atomic E-state index is 0.152. The highest BCUT2D eigenvalue weighted by atomic mass is 19.2.